The molecular weight excluding hydrogens is 439 g/mol. The first-order chi connectivity index (χ1) is 16.5. The van der Waals surface area contributed by atoms with Gasteiger partial charge < -0.3 is 15.1 Å². The Hall–Kier alpha value is -4.08. The number of non-ortho nitro benzene ring substituents is 1. The normalized spacial score (nSPS) is 19.2. The molecule has 34 heavy (non-hydrogen) atoms. The largest absolute Gasteiger partial charge is 0.364 e. The number of nitro groups is 1. The van der Waals surface area contributed by atoms with Crippen LogP contribution in [0.5, 0.6) is 0 Å². The van der Waals surface area contributed by atoms with Crippen LogP contribution in [0.3, 0.4) is 0 Å². The van der Waals surface area contributed by atoms with Gasteiger partial charge in [0.15, 0.2) is 0 Å². The lowest BCUT2D eigenvalue weighted by molar-refractivity contribution is -0.384. The minimum Gasteiger partial charge on any atom is -0.364 e. The summed E-state index contributed by atoms with van der Waals surface area (Å²) in [6, 6.07) is 11.0. The molecule has 1 saturated heterocycles. The van der Waals surface area contributed by atoms with E-state index < -0.39 is 10.8 Å². The minimum absolute atomic E-state index is 0.000843. The average Bonchev–Trinajstić information content (AvgIpc) is 2.87. The molecule has 1 aromatic heterocycles. The van der Waals surface area contributed by atoms with Crippen LogP contribution in [0.4, 0.5) is 21.6 Å². The third kappa shape index (κ3) is 4.14. The third-order valence-electron chi connectivity index (χ3n) is 6.53. The number of fused-ring (bicyclic) bond motifs is 3. The molecule has 1 fully saturated rings. The maximum absolute atomic E-state index is 14.1. The molecule has 2 aromatic carbocycles. The van der Waals surface area contributed by atoms with Gasteiger partial charge in [-0.15, -0.1) is 0 Å². The molecule has 0 aliphatic carbocycles. The van der Waals surface area contributed by atoms with Crippen LogP contribution in [0.25, 0.3) is 0 Å². The Bertz CT molecular complexity index is 1220. The molecule has 2 aliphatic rings. The summed E-state index contributed by atoms with van der Waals surface area (Å²) in [6.45, 7) is 1.93. The van der Waals surface area contributed by atoms with E-state index in [9.17, 15) is 19.3 Å². The molecule has 2 unspecified atom stereocenters. The molecule has 0 saturated carbocycles. The van der Waals surface area contributed by atoms with Gasteiger partial charge in [0.25, 0.3) is 5.69 Å². The van der Waals surface area contributed by atoms with E-state index in [1.165, 1.54) is 12.1 Å². The first-order valence-electron chi connectivity index (χ1n) is 11.1. The van der Waals surface area contributed by atoms with E-state index in [-0.39, 0.29) is 30.0 Å². The Morgan fingerprint density at radius 1 is 1.21 bits per heavy atom. The van der Waals surface area contributed by atoms with Gasteiger partial charge in [-0.1, -0.05) is 18.2 Å². The van der Waals surface area contributed by atoms with E-state index >= 15 is 0 Å². The van der Waals surface area contributed by atoms with Crippen LogP contribution in [-0.4, -0.2) is 46.5 Å². The second-order valence-corrected chi connectivity index (χ2v) is 8.46. The number of anilines is 2. The fourth-order valence-corrected chi connectivity index (χ4v) is 4.84. The van der Waals surface area contributed by atoms with Crippen LogP contribution in [0, 0.1) is 21.8 Å². The standard InChI is InChI=1S/C24H23FN6O3/c25-20-4-2-1-3-16(20)13-28-24(32)19-12-17-11-18(31(33)34)5-6-21(17)30-10-9-29(15-22(19)30)23-14-26-7-8-27-23/h1-8,11,14,19,22H,9-10,12-13,15H2,(H,28,32). The number of nitrogens with one attached hydrogen (secondary N) is 1. The topological polar surface area (TPSA) is 104 Å². The second-order valence-electron chi connectivity index (χ2n) is 8.46. The zero-order chi connectivity index (χ0) is 23.7. The quantitative estimate of drug-likeness (QED) is 0.459. The Morgan fingerprint density at radius 2 is 2.06 bits per heavy atom. The number of nitro benzene ring substituents is 1. The van der Waals surface area contributed by atoms with E-state index in [0.29, 0.717) is 31.6 Å². The fourth-order valence-electron chi connectivity index (χ4n) is 4.84. The van der Waals surface area contributed by atoms with Crippen LogP contribution in [-0.2, 0) is 17.8 Å². The highest BCUT2D eigenvalue weighted by atomic mass is 19.1. The number of rotatable bonds is 5. The average molecular weight is 462 g/mol. The number of benzene rings is 2. The molecule has 2 atom stereocenters. The van der Waals surface area contributed by atoms with Crippen LogP contribution >= 0.6 is 0 Å². The maximum atomic E-state index is 14.1. The van der Waals surface area contributed by atoms with Crippen LogP contribution in [0.2, 0.25) is 0 Å². The van der Waals surface area contributed by atoms with Crippen LogP contribution in [0.1, 0.15) is 11.1 Å². The molecule has 0 spiro atoms. The van der Waals surface area contributed by atoms with Crippen molar-refractivity contribution in [1.82, 2.24) is 15.3 Å². The summed E-state index contributed by atoms with van der Waals surface area (Å²) < 4.78 is 14.1. The van der Waals surface area contributed by atoms with Crippen molar-refractivity contribution < 1.29 is 14.1 Å². The molecule has 174 valence electrons. The smallest absolute Gasteiger partial charge is 0.269 e. The molecule has 1 N–H and O–H groups in total. The van der Waals surface area contributed by atoms with Crippen molar-refractivity contribution in [3.05, 3.63) is 88.1 Å². The summed E-state index contributed by atoms with van der Waals surface area (Å²) >= 11 is 0. The van der Waals surface area contributed by atoms with Crippen molar-refractivity contribution >= 4 is 23.1 Å². The molecule has 5 rings (SSSR count). The summed E-state index contributed by atoms with van der Waals surface area (Å²) in [6.07, 6.45) is 5.30. The van der Waals surface area contributed by atoms with Gasteiger partial charge in [0, 0.05) is 62.0 Å². The fraction of sp³-hybridized carbons (Fsp3) is 0.292. The van der Waals surface area contributed by atoms with Crippen molar-refractivity contribution in [3.63, 3.8) is 0 Å². The monoisotopic (exact) mass is 462 g/mol. The number of halogens is 1. The lowest BCUT2D eigenvalue weighted by Gasteiger charge is -2.49. The third-order valence-corrected chi connectivity index (χ3v) is 6.53. The lowest BCUT2D eigenvalue weighted by atomic mass is 9.83. The second kappa shape index (κ2) is 9.05. The Morgan fingerprint density at radius 3 is 2.82 bits per heavy atom. The number of carbonyl (C=O) groups is 1. The summed E-state index contributed by atoms with van der Waals surface area (Å²) in [4.78, 5) is 37.1. The van der Waals surface area contributed by atoms with Crippen molar-refractivity contribution in [2.24, 2.45) is 5.92 Å². The molecule has 1 amide bonds. The van der Waals surface area contributed by atoms with E-state index in [4.69, 9.17) is 0 Å². The van der Waals surface area contributed by atoms with E-state index in [2.05, 4.69) is 25.1 Å². The first-order valence-corrected chi connectivity index (χ1v) is 11.1. The van der Waals surface area contributed by atoms with Crippen molar-refractivity contribution in [3.8, 4) is 0 Å². The molecule has 10 heteroatoms. The van der Waals surface area contributed by atoms with Crippen LogP contribution in [0.15, 0.2) is 61.1 Å². The van der Waals surface area contributed by atoms with E-state index in [1.54, 1.807) is 48.9 Å². The zero-order valence-corrected chi connectivity index (χ0v) is 18.3. The molecule has 9 nitrogen and oxygen atoms in total. The van der Waals surface area contributed by atoms with Crippen molar-refractivity contribution in [2.75, 3.05) is 29.4 Å². The minimum atomic E-state index is -0.472. The molecule has 0 radical (unpaired) electrons. The number of hydrogen-bond acceptors (Lipinski definition) is 7. The zero-order valence-electron chi connectivity index (χ0n) is 18.3. The number of hydrogen-bond donors (Lipinski definition) is 1. The highest BCUT2D eigenvalue weighted by Crippen LogP contribution is 2.38. The Labute approximate surface area is 195 Å². The summed E-state index contributed by atoms with van der Waals surface area (Å²) in [7, 11) is 0. The van der Waals surface area contributed by atoms with Crippen molar-refractivity contribution in [2.45, 2.75) is 19.0 Å². The molecule has 3 aromatic rings. The summed E-state index contributed by atoms with van der Waals surface area (Å²) in [5.74, 6) is -0.320. The van der Waals surface area contributed by atoms with E-state index in [1.807, 2.05) is 0 Å². The number of piperazine rings is 1. The SMILES string of the molecule is O=C(NCc1ccccc1F)C1Cc2cc([N+](=O)[O-])ccc2N2CCN(c3cnccn3)CC12. The summed E-state index contributed by atoms with van der Waals surface area (Å²) in [5.41, 5.74) is 2.09. The highest BCUT2D eigenvalue weighted by Gasteiger charge is 2.42. The Balaban J connectivity index is 1.44. The first kappa shape index (κ1) is 21.7. The summed E-state index contributed by atoms with van der Waals surface area (Å²) in [5, 5.41) is 14.2. The van der Waals surface area contributed by atoms with E-state index in [0.717, 1.165) is 17.1 Å². The van der Waals surface area contributed by atoms with Gasteiger partial charge in [0.05, 0.1) is 23.1 Å². The maximum Gasteiger partial charge on any atom is 0.269 e. The predicted molar refractivity (Wildman–Crippen MR) is 124 cm³/mol. The van der Waals surface area contributed by atoms with Gasteiger partial charge in [-0.3, -0.25) is 19.9 Å². The predicted octanol–water partition coefficient (Wildman–Crippen LogP) is 2.71. The van der Waals surface area contributed by atoms with Gasteiger partial charge in [0.1, 0.15) is 11.6 Å². The molecule has 2 aliphatic heterocycles. The molecule has 3 heterocycles. The molecular formula is C24H23FN6O3. The van der Waals surface area contributed by atoms with Crippen LogP contribution < -0.4 is 15.1 Å². The van der Waals surface area contributed by atoms with Gasteiger partial charge in [0.2, 0.25) is 5.91 Å². The van der Waals surface area contributed by atoms with Gasteiger partial charge in [-0.25, -0.2) is 9.37 Å². The molecule has 0 bridgehead atoms. The van der Waals surface area contributed by atoms with Gasteiger partial charge >= 0.3 is 0 Å². The van der Waals surface area contributed by atoms with Gasteiger partial charge in [-0.2, -0.15) is 0 Å². The van der Waals surface area contributed by atoms with Crippen molar-refractivity contribution in [1.29, 1.82) is 0 Å². The van der Waals surface area contributed by atoms with Gasteiger partial charge in [-0.05, 0) is 24.1 Å². The lowest BCUT2D eigenvalue weighted by Crippen LogP contribution is -2.61. The number of amides is 1. The Kier molecular flexibility index (Phi) is 5.79. The number of nitrogens with zero attached hydrogens (tertiary/aromatic N) is 5. The number of carbonyl (C=O) groups excluding carboxylic acids is 1. The highest BCUT2D eigenvalue weighted by molar-refractivity contribution is 5.82. The number of aromatic nitrogens is 2.